The third-order valence-electron chi connectivity index (χ3n) is 3.57. The Labute approximate surface area is 149 Å². The second-order valence-electron chi connectivity index (χ2n) is 5.60. The van der Waals surface area contributed by atoms with Crippen LogP contribution in [0.2, 0.25) is 0 Å². The van der Waals surface area contributed by atoms with Crippen molar-refractivity contribution in [2.45, 2.75) is 13.8 Å². The molecule has 3 rings (SSSR count). The molecule has 0 aliphatic heterocycles. The predicted octanol–water partition coefficient (Wildman–Crippen LogP) is 3.79. The van der Waals surface area contributed by atoms with Crippen molar-refractivity contribution < 1.29 is 18.5 Å². The van der Waals surface area contributed by atoms with Gasteiger partial charge >= 0.3 is 0 Å². The molecule has 132 valence electrons. The van der Waals surface area contributed by atoms with Crippen LogP contribution in [0.3, 0.4) is 0 Å². The van der Waals surface area contributed by atoms with Crippen LogP contribution >= 0.6 is 0 Å². The molecule has 3 aromatic rings. The summed E-state index contributed by atoms with van der Waals surface area (Å²) in [6.45, 7) is 3.50. The molecular weight excluding hydrogens is 334 g/mol. The quantitative estimate of drug-likeness (QED) is 0.682. The van der Waals surface area contributed by atoms with Crippen molar-refractivity contribution in [3.8, 4) is 0 Å². The topological polar surface area (TPSA) is 97.4 Å². The van der Waals surface area contributed by atoms with E-state index in [0.717, 1.165) is 5.76 Å². The fourth-order valence-electron chi connectivity index (χ4n) is 2.24. The molecule has 0 fully saturated rings. The first-order valence-corrected chi connectivity index (χ1v) is 7.89. The molecule has 2 N–H and O–H groups in total. The van der Waals surface area contributed by atoms with Crippen LogP contribution in [-0.2, 0) is 4.79 Å². The minimum Gasteiger partial charge on any atom is -0.462 e. The van der Waals surface area contributed by atoms with Crippen molar-refractivity contribution in [2.24, 2.45) is 0 Å². The van der Waals surface area contributed by atoms with Crippen molar-refractivity contribution in [3.63, 3.8) is 0 Å². The zero-order valence-electron chi connectivity index (χ0n) is 14.3. The van der Waals surface area contributed by atoms with Gasteiger partial charge in [0.2, 0.25) is 5.91 Å². The van der Waals surface area contributed by atoms with Crippen molar-refractivity contribution in [1.82, 2.24) is 5.16 Å². The molecule has 2 amide bonds. The Kier molecular flexibility index (Phi) is 4.98. The van der Waals surface area contributed by atoms with Crippen molar-refractivity contribution in [1.29, 1.82) is 0 Å². The van der Waals surface area contributed by atoms with Crippen molar-refractivity contribution >= 4 is 29.3 Å². The van der Waals surface area contributed by atoms with Crippen LogP contribution in [0.1, 0.15) is 27.6 Å². The molecule has 0 aliphatic rings. The molecule has 0 bridgehead atoms. The summed E-state index contributed by atoms with van der Waals surface area (Å²) in [5.74, 6) is 1.25. The van der Waals surface area contributed by atoms with Gasteiger partial charge in [-0.3, -0.25) is 9.59 Å². The van der Waals surface area contributed by atoms with Crippen LogP contribution in [0.4, 0.5) is 11.4 Å². The van der Waals surface area contributed by atoms with Crippen LogP contribution in [0, 0.1) is 13.8 Å². The minimum absolute atomic E-state index is 0.282. The van der Waals surface area contributed by atoms with E-state index in [0.29, 0.717) is 28.5 Å². The van der Waals surface area contributed by atoms with Crippen LogP contribution in [0.15, 0.2) is 57.6 Å². The van der Waals surface area contributed by atoms with Crippen molar-refractivity contribution in [2.75, 3.05) is 10.6 Å². The highest BCUT2D eigenvalue weighted by molar-refractivity contribution is 6.05. The lowest BCUT2D eigenvalue weighted by Crippen LogP contribution is -2.12. The summed E-state index contributed by atoms with van der Waals surface area (Å²) in [6, 6.07) is 10.4. The summed E-state index contributed by atoms with van der Waals surface area (Å²) < 4.78 is 10.2. The summed E-state index contributed by atoms with van der Waals surface area (Å²) in [6.07, 6.45) is 4.35. The lowest BCUT2D eigenvalue weighted by molar-refractivity contribution is -0.111. The molecule has 7 nitrogen and oxygen atoms in total. The van der Waals surface area contributed by atoms with E-state index >= 15 is 0 Å². The summed E-state index contributed by atoms with van der Waals surface area (Å²) in [7, 11) is 0. The lowest BCUT2D eigenvalue weighted by Gasteiger charge is -2.06. The van der Waals surface area contributed by atoms with Gasteiger partial charge in [0.15, 0.2) is 0 Å². The number of anilines is 2. The van der Waals surface area contributed by atoms with Gasteiger partial charge in [-0.15, -0.1) is 0 Å². The first kappa shape index (κ1) is 17.2. The number of hydrogen-bond acceptors (Lipinski definition) is 5. The number of aromatic nitrogens is 1. The van der Waals surface area contributed by atoms with Crippen LogP contribution < -0.4 is 10.6 Å². The summed E-state index contributed by atoms with van der Waals surface area (Å²) in [4.78, 5) is 24.0. The molecule has 1 aromatic carbocycles. The van der Waals surface area contributed by atoms with Gasteiger partial charge in [0.1, 0.15) is 22.8 Å². The van der Waals surface area contributed by atoms with Crippen LogP contribution in [0.25, 0.3) is 6.08 Å². The van der Waals surface area contributed by atoms with E-state index < -0.39 is 0 Å². The summed E-state index contributed by atoms with van der Waals surface area (Å²) in [5.41, 5.74) is 1.57. The monoisotopic (exact) mass is 351 g/mol. The Bertz CT molecular complexity index is 951. The molecular formula is C19H17N3O4. The molecule has 2 heterocycles. The number of nitrogens with one attached hydrogen (secondary N) is 2. The molecule has 0 spiro atoms. The third-order valence-corrected chi connectivity index (χ3v) is 3.57. The number of carbonyl (C=O) groups is 2. The number of rotatable bonds is 5. The number of hydrogen-bond donors (Lipinski definition) is 2. The fraction of sp³-hybridized carbons (Fsp3) is 0.105. The first-order valence-electron chi connectivity index (χ1n) is 7.89. The standard InChI is InChI=1S/C19H17N3O4/c1-12-3-8-16(25-12)9-10-18(23)21-14-4-6-15(7-5-14)22-19(24)17-11-20-26-13(17)2/h3-11H,1-2H3,(H,21,23)(H,22,24)/b10-9+. The Morgan fingerprint density at radius 2 is 1.69 bits per heavy atom. The van der Waals surface area contributed by atoms with E-state index in [1.165, 1.54) is 12.3 Å². The van der Waals surface area contributed by atoms with Gasteiger partial charge < -0.3 is 19.6 Å². The van der Waals surface area contributed by atoms with Crippen molar-refractivity contribution in [3.05, 3.63) is 71.5 Å². The molecule has 2 aromatic heterocycles. The Morgan fingerprint density at radius 1 is 1.00 bits per heavy atom. The largest absolute Gasteiger partial charge is 0.462 e. The Hall–Kier alpha value is -3.61. The highest BCUT2D eigenvalue weighted by Gasteiger charge is 2.12. The molecule has 0 atom stereocenters. The Morgan fingerprint density at radius 3 is 2.27 bits per heavy atom. The molecule has 0 aliphatic carbocycles. The molecule has 0 saturated carbocycles. The number of furan rings is 1. The van der Waals surface area contributed by atoms with E-state index in [9.17, 15) is 9.59 Å². The van der Waals surface area contributed by atoms with E-state index in [4.69, 9.17) is 8.94 Å². The highest BCUT2D eigenvalue weighted by atomic mass is 16.5. The van der Waals surface area contributed by atoms with E-state index in [-0.39, 0.29) is 11.8 Å². The predicted molar refractivity (Wildman–Crippen MR) is 96.7 cm³/mol. The third kappa shape index (κ3) is 4.27. The first-order chi connectivity index (χ1) is 12.5. The number of benzene rings is 1. The van der Waals surface area contributed by atoms with Gasteiger partial charge in [-0.05, 0) is 56.3 Å². The number of carbonyl (C=O) groups excluding carboxylic acids is 2. The van der Waals surface area contributed by atoms with Gasteiger partial charge in [-0.1, -0.05) is 5.16 Å². The average molecular weight is 351 g/mol. The maximum atomic E-state index is 12.1. The zero-order chi connectivity index (χ0) is 18.5. The maximum Gasteiger partial charge on any atom is 0.260 e. The van der Waals surface area contributed by atoms with Crippen LogP contribution in [-0.4, -0.2) is 17.0 Å². The van der Waals surface area contributed by atoms with E-state index in [2.05, 4.69) is 15.8 Å². The Balaban J connectivity index is 1.57. The van der Waals surface area contributed by atoms with Gasteiger partial charge in [-0.25, -0.2) is 0 Å². The molecule has 7 heteroatoms. The highest BCUT2D eigenvalue weighted by Crippen LogP contribution is 2.16. The second kappa shape index (κ2) is 7.52. The number of amides is 2. The normalized spacial score (nSPS) is 10.8. The molecule has 0 saturated heterocycles. The number of aryl methyl sites for hydroxylation is 2. The SMILES string of the molecule is Cc1ccc(/C=C/C(=O)Nc2ccc(NC(=O)c3cnoc3C)cc2)o1. The van der Waals surface area contributed by atoms with Gasteiger partial charge in [0.05, 0.1) is 6.20 Å². The van der Waals surface area contributed by atoms with Crippen LogP contribution in [0.5, 0.6) is 0 Å². The van der Waals surface area contributed by atoms with Gasteiger partial charge in [0.25, 0.3) is 5.91 Å². The minimum atomic E-state index is -0.308. The molecule has 26 heavy (non-hydrogen) atoms. The number of nitrogens with zero attached hydrogens (tertiary/aromatic N) is 1. The van der Waals surface area contributed by atoms with E-state index in [1.54, 1.807) is 43.3 Å². The van der Waals surface area contributed by atoms with Gasteiger partial charge in [-0.2, -0.15) is 0 Å². The molecule has 0 radical (unpaired) electrons. The van der Waals surface area contributed by atoms with Gasteiger partial charge in [0, 0.05) is 17.5 Å². The zero-order valence-corrected chi connectivity index (χ0v) is 14.3. The fourth-order valence-corrected chi connectivity index (χ4v) is 2.24. The smallest absolute Gasteiger partial charge is 0.260 e. The maximum absolute atomic E-state index is 12.1. The second-order valence-corrected chi connectivity index (χ2v) is 5.60. The molecule has 0 unspecified atom stereocenters. The van der Waals surface area contributed by atoms with E-state index in [1.807, 2.05) is 13.0 Å². The summed E-state index contributed by atoms with van der Waals surface area (Å²) in [5, 5.41) is 9.04. The lowest BCUT2D eigenvalue weighted by atomic mass is 10.2. The summed E-state index contributed by atoms with van der Waals surface area (Å²) >= 11 is 0. The average Bonchev–Trinajstić information content (AvgIpc) is 3.23.